The first-order chi connectivity index (χ1) is 17.3. The summed E-state index contributed by atoms with van der Waals surface area (Å²) in [6, 6.07) is 3.86. The number of amides is 1. The van der Waals surface area contributed by atoms with E-state index in [-0.39, 0.29) is 29.7 Å². The lowest BCUT2D eigenvalue weighted by Gasteiger charge is -2.33. The molecule has 196 valence electrons. The predicted octanol–water partition coefficient (Wildman–Crippen LogP) is 3.18. The number of rotatable bonds is 9. The molecule has 1 aromatic heterocycles. The van der Waals surface area contributed by atoms with Gasteiger partial charge in [0, 0.05) is 43.0 Å². The Morgan fingerprint density at radius 3 is 2.69 bits per heavy atom. The van der Waals surface area contributed by atoms with Gasteiger partial charge in [-0.05, 0) is 56.7 Å². The number of anilines is 1. The molecule has 0 aliphatic carbocycles. The standard InChI is InChI=1S/C26H35N3O7/c1-15-6-9-35-17(3)24(15)36-26(33)28-8-11-34-10-7-27-19-12-18-5-4-16(2)29-14-21(25(31)32)23(30)20(13-19)22(18)29/h12-17,24,27H,4-11H2,1-3H3,(H,28,33)(H,31,32)/t15?,16?,17?,24-/m1/s1. The van der Waals surface area contributed by atoms with Crippen LogP contribution in [0, 0.1) is 5.92 Å². The summed E-state index contributed by atoms with van der Waals surface area (Å²) in [4.78, 5) is 36.5. The lowest BCUT2D eigenvalue weighted by atomic mass is 9.95. The molecule has 36 heavy (non-hydrogen) atoms. The molecule has 2 aromatic rings. The number of aryl methyl sites for hydroxylation is 1. The van der Waals surface area contributed by atoms with Crippen LogP contribution in [-0.2, 0) is 20.6 Å². The van der Waals surface area contributed by atoms with Gasteiger partial charge in [-0.3, -0.25) is 4.79 Å². The normalized spacial score (nSPS) is 23.3. The average Bonchev–Trinajstić information content (AvgIpc) is 2.84. The second-order valence-corrected chi connectivity index (χ2v) is 9.68. The van der Waals surface area contributed by atoms with Crippen LogP contribution in [0.1, 0.15) is 55.6 Å². The number of aromatic nitrogens is 1. The van der Waals surface area contributed by atoms with E-state index >= 15 is 0 Å². The van der Waals surface area contributed by atoms with Crippen molar-refractivity contribution in [1.82, 2.24) is 9.88 Å². The number of hydrogen-bond acceptors (Lipinski definition) is 7. The number of ether oxygens (including phenoxy) is 3. The molecule has 4 atom stereocenters. The first-order valence-corrected chi connectivity index (χ1v) is 12.6. The maximum atomic E-state index is 12.8. The Morgan fingerprint density at radius 1 is 1.17 bits per heavy atom. The van der Waals surface area contributed by atoms with Crippen molar-refractivity contribution in [3.63, 3.8) is 0 Å². The minimum absolute atomic E-state index is 0.117. The predicted molar refractivity (Wildman–Crippen MR) is 135 cm³/mol. The molecule has 3 unspecified atom stereocenters. The largest absolute Gasteiger partial charge is 0.477 e. The molecule has 1 amide bonds. The summed E-state index contributed by atoms with van der Waals surface area (Å²) in [5, 5.41) is 15.9. The Hall–Kier alpha value is -3.11. The molecule has 1 aromatic carbocycles. The summed E-state index contributed by atoms with van der Waals surface area (Å²) in [6.07, 6.45) is 3.18. The molecule has 1 fully saturated rings. The smallest absolute Gasteiger partial charge is 0.407 e. The number of pyridine rings is 1. The molecule has 0 radical (unpaired) electrons. The van der Waals surface area contributed by atoms with E-state index in [1.165, 1.54) is 6.20 Å². The van der Waals surface area contributed by atoms with E-state index in [2.05, 4.69) is 17.6 Å². The Morgan fingerprint density at radius 2 is 1.94 bits per heavy atom. The van der Waals surface area contributed by atoms with Crippen LogP contribution in [0.5, 0.6) is 0 Å². The topological polar surface area (TPSA) is 128 Å². The highest BCUT2D eigenvalue weighted by Crippen LogP contribution is 2.32. The highest BCUT2D eigenvalue weighted by Gasteiger charge is 2.31. The molecule has 0 bridgehead atoms. The van der Waals surface area contributed by atoms with Gasteiger partial charge in [0.2, 0.25) is 5.43 Å². The lowest BCUT2D eigenvalue weighted by molar-refractivity contribution is -0.0951. The van der Waals surface area contributed by atoms with Crippen LogP contribution >= 0.6 is 0 Å². The van der Waals surface area contributed by atoms with Crippen molar-refractivity contribution in [3.8, 4) is 0 Å². The number of aromatic carboxylic acids is 1. The number of carboxylic acids is 1. The molecule has 2 aliphatic heterocycles. The van der Waals surface area contributed by atoms with Gasteiger partial charge in [-0.25, -0.2) is 9.59 Å². The first kappa shape index (κ1) is 26.0. The third-order valence-corrected chi connectivity index (χ3v) is 7.05. The molecular weight excluding hydrogens is 466 g/mol. The molecule has 4 rings (SSSR count). The number of alkyl carbamates (subject to hydrolysis) is 1. The van der Waals surface area contributed by atoms with Gasteiger partial charge in [-0.2, -0.15) is 0 Å². The van der Waals surface area contributed by atoms with Gasteiger partial charge in [0.25, 0.3) is 0 Å². The highest BCUT2D eigenvalue weighted by atomic mass is 16.6. The summed E-state index contributed by atoms with van der Waals surface area (Å²) in [6.45, 7) is 8.23. The van der Waals surface area contributed by atoms with Crippen molar-refractivity contribution >= 4 is 28.7 Å². The van der Waals surface area contributed by atoms with Gasteiger partial charge in [-0.15, -0.1) is 0 Å². The third kappa shape index (κ3) is 5.65. The Bertz CT molecular complexity index is 1170. The number of benzene rings is 1. The maximum Gasteiger partial charge on any atom is 0.407 e. The zero-order valence-corrected chi connectivity index (χ0v) is 21.0. The second-order valence-electron chi connectivity index (χ2n) is 9.68. The van der Waals surface area contributed by atoms with Crippen LogP contribution in [0.2, 0.25) is 0 Å². The minimum atomic E-state index is -1.22. The average molecular weight is 502 g/mol. The van der Waals surface area contributed by atoms with Gasteiger partial charge >= 0.3 is 12.1 Å². The Balaban J connectivity index is 1.26. The third-order valence-electron chi connectivity index (χ3n) is 7.05. The molecule has 3 heterocycles. The zero-order valence-electron chi connectivity index (χ0n) is 21.0. The van der Waals surface area contributed by atoms with Gasteiger partial charge in [0.15, 0.2) is 0 Å². The van der Waals surface area contributed by atoms with Crippen LogP contribution in [0.25, 0.3) is 10.9 Å². The van der Waals surface area contributed by atoms with Gasteiger partial charge in [0.1, 0.15) is 11.7 Å². The van der Waals surface area contributed by atoms with Crippen molar-refractivity contribution in [2.45, 2.75) is 58.3 Å². The second kappa shape index (κ2) is 11.3. The number of carbonyl (C=O) groups excluding carboxylic acids is 1. The summed E-state index contributed by atoms with van der Waals surface area (Å²) >= 11 is 0. The summed E-state index contributed by atoms with van der Waals surface area (Å²) < 4.78 is 18.6. The summed E-state index contributed by atoms with van der Waals surface area (Å²) in [5.41, 5.74) is 1.91. The highest BCUT2D eigenvalue weighted by molar-refractivity contribution is 5.95. The molecule has 0 saturated carbocycles. The molecule has 2 aliphatic rings. The van der Waals surface area contributed by atoms with Crippen LogP contribution in [0.15, 0.2) is 23.1 Å². The molecule has 0 spiro atoms. The van der Waals surface area contributed by atoms with E-state index in [1.54, 1.807) is 6.07 Å². The molecule has 3 N–H and O–H groups in total. The lowest BCUT2D eigenvalue weighted by Crippen LogP contribution is -2.43. The minimum Gasteiger partial charge on any atom is -0.477 e. The quantitative estimate of drug-likeness (QED) is 0.447. The van der Waals surface area contributed by atoms with Crippen molar-refractivity contribution < 1.29 is 28.9 Å². The summed E-state index contributed by atoms with van der Waals surface area (Å²) in [7, 11) is 0. The molecular formula is C26H35N3O7. The number of nitrogens with one attached hydrogen (secondary N) is 2. The van der Waals surface area contributed by atoms with Gasteiger partial charge in [0.05, 0.1) is 24.8 Å². The number of carboxylic acid groups (broad SMARTS) is 1. The van der Waals surface area contributed by atoms with Gasteiger partial charge < -0.3 is 34.5 Å². The van der Waals surface area contributed by atoms with Crippen LogP contribution in [0.4, 0.5) is 10.5 Å². The SMILES string of the molecule is CC1CCOC(C)[C@@H]1OC(=O)NCCOCCNc1cc2c3c(c1)c(=O)c(C(=O)O)cn3C(C)CC2. The van der Waals surface area contributed by atoms with Crippen molar-refractivity contribution in [3.05, 3.63) is 39.7 Å². The fourth-order valence-corrected chi connectivity index (χ4v) is 5.01. The molecule has 1 saturated heterocycles. The monoisotopic (exact) mass is 501 g/mol. The van der Waals surface area contributed by atoms with E-state index in [0.717, 1.165) is 36.0 Å². The van der Waals surface area contributed by atoms with E-state index in [1.807, 2.05) is 24.5 Å². The van der Waals surface area contributed by atoms with Crippen LogP contribution < -0.4 is 16.1 Å². The van der Waals surface area contributed by atoms with Crippen molar-refractivity contribution in [2.75, 3.05) is 38.2 Å². The van der Waals surface area contributed by atoms with Gasteiger partial charge in [-0.1, -0.05) is 6.92 Å². The fraction of sp³-hybridized carbons (Fsp3) is 0.577. The van der Waals surface area contributed by atoms with E-state index < -0.39 is 17.5 Å². The first-order valence-electron chi connectivity index (χ1n) is 12.6. The van der Waals surface area contributed by atoms with Crippen molar-refractivity contribution in [1.29, 1.82) is 0 Å². The van der Waals surface area contributed by atoms with Crippen LogP contribution in [-0.4, -0.2) is 66.9 Å². The van der Waals surface area contributed by atoms with E-state index in [9.17, 15) is 19.5 Å². The zero-order chi connectivity index (χ0) is 25.8. The number of hydrogen-bond donors (Lipinski definition) is 3. The number of carbonyl (C=O) groups is 2. The molecule has 10 heteroatoms. The Labute approximate surface area is 209 Å². The molecule has 10 nitrogen and oxygen atoms in total. The Kier molecular flexibility index (Phi) is 8.15. The van der Waals surface area contributed by atoms with E-state index in [4.69, 9.17) is 14.2 Å². The maximum absolute atomic E-state index is 12.8. The van der Waals surface area contributed by atoms with Crippen molar-refractivity contribution in [2.24, 2.45) is 5.92 Å². The number of nitrogens with zero attached hydrogens (tertiary/aromatic N) is 1. The fourth-order valence-electron chi connectivity index (χ4n) is 5.01. The summed E-state index contributed by atoms with van der Waals surface area (Å²) in [5.74, 6) is -0.959. The van der Waals surface area contributed by atoms with E-state index in [0.29, 0.717) is 38.3 Å². The van der Waals surface area contributed by atoms with Crippen LogP contribution in [0.3, 0.4) is 0 Å².